The standard InChI is InChI=1S/C14H9IO4/c15-10-3-1-9(2-4-10)14(16)19-11-5-6-12-13(7-11)18-8-17-12/h1-7H,8H2. The second-order valence-corrected chi connectivity index (χ2v) is 5.16. The highest BCUT2D eigenvalue weighted by atomic mass is 127. The summed E-state index contributed by atoms with van der Waals surface area (Å²) in [6, 6.07) is 12.2. The molecule has 1 aliphatic rings. The summed E-state index contributed by atoms with van der Waals surface area (Å²) >= 11 is 2.18. The van der Waals surface area contributed by atoms with Gasteiger partial charge in [-0.1, -0.05) is 0 Å². The minimum Gasteiger partial charge on any atom is -0.454 e. The summed E-state index contributed by atoms with van der Waals surface area (Å²) in [4.78, 5) is 11.9. The van der Waals surface area contributed by atoms with E-state index in [9.17, 15) is 4.79 Å². The van der Waals surface area contributed by atoms with Crippen molar-refractivity contribution in [3.8, 4) is 17.2 Å². The first-order valence-electron chi connectivity index (χ1n) is 5.60. The number of hydrogen-bond acceptors (Lipinski definition) is 4. The number of halogens is 1. The van der Waals surface area contributed by atoms with Gasteiger partial charge < -0.3 is 14.2 Å². The van der Waals surface area contributed by atoms with Crippen molar-refractivity contribution in [2.45, 2.75) is 0 Å². The number of hydrogen-bond donors (Lipinski definition) is 0. The first-order chi connectivity index (χ1) is 9.22. The maximum atomic E-state index is 11.9. The third-order valence-corrected chi connectivity index (χ3v) is 3.35. The molecule has 0 N–H and O–H groups in total. The predicted octanol–water partition coefficient (Wildman–Crippen LogP) is 3.24. The van der Waals surface area contributed by atoms with E-state index in [0.29, 0.717) is 22.8 Å². The third kappa shape index (κ3) is 2.65. The van der Waals surface area contributed by atoms with Crippen LogP contribution in [0.3, 0.4) is 0 Å². The molecule has 0 unspecified atom stereocenters. The summed E-state index contributed by atoms with van der Waals surface area (Å²) in [7, 11) is 0. The van der Waals surface area contributed by atoms with E-state index in [1.807, 2.05) is 12.1 Å². The number of fused-ring (bicyclic) bond motifs is 1. The Labute approximate surface area is 123 Å². The molecule has 0 atom stereocenters. The molecule has 0 radical (unpaired) electrons. The normalized spacial score (nSPS) is 12.3. The van der Waals surface area contributed by atoms with Gasteiger partial charge in [0.25, 0.3) is 0 Å². The Bertz CT molecular complexity index is 622. The molecule has 0 spiro atoms. The van der Waals surface area contributed by atoms with Gasteiger partial charge in [-0.25, -0.2) is 4.79 Å². The minimum atomic E-state index is -0.393. The summed E-state index contributed by atoms with van der Waals surface area (Å²) in [5, 5.41) is 0. The van der Waals surface area contributed by atoms with E-state index >= 15 is 0 Å². The molecule has 0 saturated heterocycles. The first kappa shape index (κ1) is 12.3. The fraction of sp³-hybridized carbons (Fsp3) is 0.0714. The van der Waals surface area contributed by atoms with Gasteiger partial charge in [0.05, 0.1) is 5.56 Å². The van der Waals surface area contributed by atoms with Gasteiger partial charge in [0.2, 0.25) is 6.79 Å². The van der Waals surface area contributed by atoms with Gasteiger partial charge in [-0.2, -0.15) is 0 Å². The highest BCUT2D eigenvalue weighted by molar-refractivity contribution is 14.1. The Morgan fingerprint density at radius 3 is 2.58 bits per heavy atom. The lowest BCUT2D eigenvalue weighted by Crippen LogP contribution is -2.08. The average Bonchev–Trinajstić information content (AvgIpc) is 2.87. The van der Waals surface area contributed by atoms with Crippen LogP contribution in [0.15, 0.2) is 42.5 Å². The predicted molar refractivity (Wildman–Crippen MR) is 76.7 cm³/mol. The van der Waals surface area contributed by atoms with Crippen LogP contribution in [-0.4, -0.2) is 12.8 Å². The van der Waals surface area contributed by atoms with E-state index < -0.39 is 5.97 Å². The number of esters is 1. The fourth-order valence-electron chi connectivity index (χ4n) is 1.69. The van der Waals surface area contributed by atoms with Gasteiger partial charge in [0.15, 0.2) is 11.5 Å². The number of carbonyl (C=O) groups is 1. The van der Waals surface area contributed by atoms with Crippen LogP contribution >= 0.6 is 22.6 Å². The molecular formula is C14H9IO4. The topological polar surface area (TPSA) is 44.8 Å². The van der Waals surface area contributed by atoms with Crippen LogP contribution in [0.4, 0.5) is 0 Å². The van der Waals surface area contributed by atoms with Crippen LogP contribution in [0.1, 0.15) is 10.4 Å². The molecule has 5 heteroatoms. The maximum Gasteiger partial charge on any atom is 0.343 e. The summed E-state index contributed by atoms with van der Waals surface area (Å²) in [6.07, 6.45) is 0. The summed E-state index contributed by atoms with van der Waals surface area (Å²) in [5.74, 6) is 1.30. The van der Waals surface area contributed by atoms with Gasteiger partial charge in [-0.15, -0.1) is 0 Å². The largest absolute Gasteiger partial charge is 0.454 e. The van der Waals surface area contributed by atoms with Crippen molar-refractivity contribution in [1.29, 1.82) is 0 Å². The molecule has 96 valence electrons. The van der Waals surface area contributed by atoms with E-state index in [1.165, 1.54) is 0 Å². The second kappa shape index (κ2) is 5.08. The van der Waals surface area contributed by atoms with Crippen molar-refractivity contribution < 1.29 is 19.0 Å². The smallest absolute Gasteiger partial charge is 0.343 e. The van der Waals surface area contributed by atoms with Gasteiger partial charge >= 0.3 is 5.97 Å². The zero-order valence-electron chi connectivity index (χ0n) is 9.76. The third-order valence-electron chi connectivity index (χ3n) is 2.63. The lowest BCUT2D eigenvalue weighted by atomic mass is 10.2. The van der Waals surface area contributed by atoms with E-state index in [2.05, 4.69) is 22.6 Å². The molecule has 0 saturated carbocycles. The Hall–Kier alpha value is -1.76. The minimum absolute atomic E-state index is 0.198. The molecule has 1 heterocycles. The van der Waals surface area contributed by atoms with E-state index in [0.717, 1.165) is 3.57 Å². The molecule has 4 nitrogen and oxygen atoms in total. The molecule has 3 rings (SSSR count). The number of benzene rings is 2. The van der Waals surface area contributed by atoms with E-state index in [1.54, 1.807) is 30.3 Å². The summed E-state index contributed by atoms with van der Waals surface area (Å²) < 4.78 is 16.8. The molecule has 0 amide bonds. The maximum absolute atomic E-state index is 11.9. The molecule has 2 aromatic carbocycles. The van der Waals surface area contributed by atoms with Crippen LogP contribution in [-0.2, 0) is 0 Å². The molecule has 0 aromatic heterocycles. The molecule has 19 heavy (non-hydrogen) atoms. The fourth-order valence-corrected chi connectivity index (χ4v) is 2.05. The van der Waals surface area contributed by atoms with E-state index in [-0.39, 0.29) is 6.79 Å². The summed E-state index contributed by atoms with van der Waals surface area (Å²) in [5.41, 5.74) is 0.512. The van der Waals surface area contributed by atoms with E-state index in [4.69, 9.17) is 14.2 Å². The zero-order chi connectivity index (χ0) is 13.2. The lowest BCUT2D eigenvalue weighted by Gasteiger charge is -2.05. The van der Waals surface area contributed by atoms with Gasteiger partial charge in [-0.3, -0.25) is 0 Å². The number of carbonyl (C=O) groups excluding carboxylic acids is 1. The molecule has 2 aromatic rings. The SMILES string of the molecule is O=C(Oc1ccc2c(c1)OCO2)c1ccc(I)cc1. The number of ether oxygens (including phenoxy) is 3. The first-order valence-corrected chi connectivity index (χ1v) is 6.68. The molecule has 0 bridgehead atoms. The lowest BCUT2D eigenvalue weighted by molar-refractivity contribution is 0.0734. The highest BCUT2D eigenvalue weighted by Gasteiger charge is 2.15. The molecular weight excluding hydrogens is 359 g/mol. The van der Waals surface area contributed by atoms with Crippen LogP contribution in [0, 0.1) is 3.57 Å². The van der Waals surface area contributed by atoms with Crippen LogP contribution < -0.4 is 14.2 Å². The summed E-state index contributed by atoms with van der Waals surface area (Å²) in [6.45, 7) is 0.198. The van der Waals surface area contributed by atoms with Crippen molar-refractivity contribution >= 4 is 28.6 Å². The number of rotatable bonds is 2. The van der Waals surface area contributed by atoms with Crippen molar-refractivity contribution in [2.75, 3.05) is 6.79 Å². The van der Waals surface area contributed by atoms with Crippen molar-refractivity contribution in [3.05, 3.63) is 51.6 Å². The van der Waals surface area contributed by atoms with Crippen molar-refractivity contribution in [2.24, 2.45) is 0 Å². The van der Waals surface area contributed by atoms with Crippen molar-refractivity contribution in [1.82, 2.24) is 0 Å². The quantitative estimate of drug-likeness (QED) is 0.464. The Morgan fingerprint density at radius 2 is 1.79 bits per heavy atom. The zero-order valence-corrected chi connectivity index (χ0v) is 11.9. The van der Waals surface area contributed by atoms with Crippen LogP contribution in [0.5, 0.6) is 17.2 Å². The molecule has 0 aliphatic carbocycles. The molecule has 1 aliphatic heterocycles. The molecule has 0 fully saturated rings. The Morgan fingerprint density at radius 1 is 1.05 bits per heavy atom. The second-order valence-electron chi connectivity index (χ2n) is 3.91. The van der Waals surface area contributed by atoms with Crippen molar-refractivity contribution in [3.63, 3.8) is 0 Å². The van der Waals surface area contributed by atoms with Crippen LogP contribution in [0.25, 0.3) is 0 Å². The highest BCUT2D eigenvalue weighted by Crippen LogP contribution is 2.35. The van der Waals surface area contributed by atoms with Crippen LogP contribution in [0.2, 0.25) is 0 Å². The average molecular weight is 368 g/mol. The van der Waals surface area contributed by atoms with Gasteiger partial charge in [0.1, 0.15) is 5.75 Å². The Balaban J connectivity index is 1.77. The van der Waals surface area contributed by atoms with Gasteiger partial charge in [-0.05, 0) is 59.0 Å². The Kier molecular flexibility index (Phi) is 3.29. The van der Waals surface area contributed by atoms with Gasteiger partial charge in [0, 0.05) is 9.64 Å². The monoisotopic (exact) mass is 368 g/mol.